The van der Waals surface area contributed by atoms with Crippen LogP contribution in [0.15, 0.2) is 42.4 Å². The van der Waals surface area contributed by atoms with Crippen LogP contribution >= 0.6 is 0 Å². The molecule has 0 bridgehead atoms. The van der Waals surface area contributed by atoms with Gasteiger partial charge >= 0.3 is 6.30 Å². The van der Waals surface area contributed by atoms with E-state index in [-0.39, 0.29) is 22.4 Å². The van der Waals surface area contributed by atoms with Crippen LogP contribution in [-0.2, 0) is 11.2 Å². The van der Waals surface area contributed by atoms with Gasteiger partial charge in [-0.05, 0) is 51.0 Å². The summed E-state index contributed by atoms with van der Waals surface area (Å²) < 4.78 is 53.8. The topological polar surface area (TPSA) is 56.6 Å². The zero-order valence-electron chi connectivity index (χ0n) is 16.3. The van der Waals surface area contributed by atoms with E-state index in [1.54, 1.807) is 34.8 Å². The molecule has 2 aromatic rings. The lowest BCUT2D eigenvalue weighted by Gasteiger charge is -2.34. The molecule has 0 saturated carbocycles. The van der Waals surface area contributed by atoms with Gasteiger partial charge in [-0.2, -0.15) is 5.10 Å². The number of alkyl halides is 3. The van der Waals surface area contributed by atoms with Gasteiger partial charge in [0.2, 0.25) is 0 Å². The number of halogens is 4. The van der Waals surface area contributed by atoms with Gasteiger partial charge in [-0.15, -0.1) is 18.7 Å². The number of anilines is 1. The summed E-state index contributed by atoms with van der Waals surface area (Å²) in [4.78, 5) is 14.7. The number of hydrogen-bond donors (Lipinski definition) is 1. The summed E-state index contributed by atoms with van der Waals surface area (Å²) in [6.45, 7) is 3.48. The van der Waals surface area contributed by atoms with Crippen LogP contribution in [0.3, 0.4) is 0 Å². The minimum atomic E-state index is -4.60. The monoisotopic (exact) mass is 424 g/mol. The zero-order chi connectivity index (χ0) is 21.6. The van der Waals surface area contributed by atoms with Crippen molar-refractivity contribution in [1.29, 1.82) is 0 Å². The van der Waals surface area contributed by atoms with E-state index in [0.29, 0.717) is 30.8 Å². The molecule has 0 fully saturated rings. The van der Waals surface area contributed by atoms with Gasteiger partial charge in [-0.1, -0.05) is 0 Å². The number of amides is 1. The number of rotatable bonds is 3. The van der Waals surface area contributed by atoms with Gasteiger partial charge in [0.25, 0.3) is 5.91 Å². The molecule has 0 radical (unpaired) electrons. The highest BCUT2D eigenvalue weighted by atomic mass is 19.4. The third-order valence-electron chi connectivity index (χ3n) is 5.20. The Hall–Kier alpha value is -3.08. The summed E-state index contributed by atoms with van der Waals surface area (Å²) in [5.41, 5.74) is 4.55. The van der Waals surface area contributed by atoms with Crippen molar-refractivity contribution in [3.63, 3.8) is 0 Å². The van der Waals surface area contributed by atoms with Crippen molar-refractivity contribution in [1.82, 2.24) is 25.3 Å². The molecule has 1 aromatic carbocycles. The van der Waals surface area contributed by atoms with Gasteiger partial charge in [0.05, 0.1) is 23.3 Å². The summed E-state index contributed by atoms with van der Waals surface area (Å²) in [5, 5.41) is 5.55. The molecular formula is C19H20F4N6O. The first-order chi connectivity index (χ1) is 14.2. The van der Waals surface area contributed by atoms with Gasteiger partial charge in [0, 0.05) is 18.4 Å². The van der Waals surface area contributed by atoms with Crippen LogP contribution in [0.1, 0.15) is 26.0 Å². The molecule has 7 nitrogen and oxygen atoms in total. The van der Waals surface area contributed by atoms with Crippen molar-refractivity contribution in [3.8, 4) is 5.69 Å². The van der Waals surface area contributed by atoms with Crippen LogP contribution in [0.4, 0.5) is 23.2 Å². The number of nitrogens with zero attached hydrogens (tertiary/aromatic N) is 5. The maximum Gasteiger partial charge on any atom is 0.500 e. The van der Waals surface area contributed by atoms with Crippen LogP contribution in [-0.4, -0.2) is 44.6 Å². The maximum absolute atomic E-state index is 13.2. The highest BCUT2D eigenvalue weighted by Crippen LogP contribution is 2.31. The fourth-order valence-electron chi connectivity index (χ4n) is 3.71. The average molecular weight is 424 g/mol. The Labute approximate surface area is 170 Å². The summed E-state index contributed by atoms with van der Waals surface area (Å²) in [7, 11) is 0. The molecule has 160 valence electrons. The molecule has 2 aliphatic heterocycles. The van der Waals surface area contributed by atoms with Crippen molar-refractivity contribution in [2.75, 3.05) is 11.4 Å². The number of allylic oxidation sites excluding steroid dienone is 1. The molecule has 30 heavy (non-hydrogen) atoms. The van der Waals surface area contributed by atoms with Gasteiger partial charge in [0.1, 0.15) is 11.9 Å². The first-order valence-electron chi connectivity index (χ1n) is 9.41. The van der Waals surface area contributed by atoms with E-state index in [9.17, 15) is 22.4 Å². The molecule has 1 amide bonds. The highest BCUT2D eigenvalue weighted by molar-refractivity contribution is 5.97. The van der Waals surface area contributed by atoms with Gasteiger partial charge in [0.15, 0.2) is 0 Å². The zero-order valence-corrected chi connectivity index (χ0v) is 16.3. The van der Waals surface area contributed by atoms with Crippen molar-refractivity contribution in [2.45, 2.75) is 39.0 Å². The molecule has 4 rings (SSSR count). The maximum atomic E-state index is 13.2. The van der Waals surface area contributed by atoms with Crippen LogP contribution in [0.2, 0.25) is 0 Å². The molecule has 1 unspecified atom stereocenters. The first-order valence-corrected chi connectivity index (χ1v) is 9.41. The summed E-state index contributed by atoms with van der Waals surface area (Å²) in [6.07, 6.45) is -0.793. The second kappa shape index (κ2) is 7.31. The third-order valence-corrected chi connectivity index (χ3v) is 5.20. The number of carbonyl (C=O) groups is 1. The number of aromatic nitrogens is 2. The number of benzene rings is 1. The summed E-state index contributed by atoms with van der Waals surface area (Å²) >= 11 is 0. The predicted octanol–water partition coefficient (Wildman–Crippen LogP) is 3.10. The normalized spacial score (nSPS) is 17.8. The number of fused-ring (bicyclic) bond motifs is 1. The molecule has 3 heterocycles. The summed E-state index contributed by atoms with van der Waals surface area (Å²) in [6, 6.07) is 4.98. The molecule has 11 heteroatoms. The quantitative estimate of drug-likeness (QED) is 0.606. The molecular weight excluding hydrogens is 404 g/mol. The lowest BCUT2D eigenvalue weighted by Crippen LogP contribution is -2.55. The number of hydrazine groups is 2. The van der Waals surface area contributed by atoms with Crippen molar-refractivity contribution in [3.05, 3.63) is 53.9 Å². The molecule has 1 N–H and O–H groups in total. The van der Waals surface area contributed by atoms with Gasteiger partial charge in [-0.25, -0.2) is 14.1 Å². The van der Waals surface area contributed by atoms with E-state index < -0.39 is 12.3 Å². The predicted molar refractivity (Wildman–Crippen MR) is 100 cm³/mol. The lowest BCUT2D eigenvalue weighted by atomic mass is 10.1. The largest absolute Gasteiger partial charge is 0.500 e. The second-order valence-electron chi connectivity index (χ2n) is 7.21. The Bertz CT molecular complexity index is 984. The van der Waals surface area contributed by atoms with E-state index >= 15 is 0 Å². The van der Waals surface area contributed by atoms with Crippen molar-refractivity contribution < 1.29 is 22.4 Å². The molecule has 2 aliphatic rings. The Morgan fingerprint density at radius 3 is 2.57 bits per heavy atom. The van der Waals surface area contributed by atoms with Crippen LogP contribution < -0.4 is 10.4 Å². The van der Waals surface area contributed by atoms with Crippen LogP contribution in [0.5, 0.6) is 0 Å². The SMILES string of the molecule is CC1=CN(C(F)(F)F)NN1C(C)C(=O)N1CCCc2c1cnn2-c1ccc(F)cc1. The average Bonchev–Trinajstić information content (AvgIpc) is 3.31. The van der Waals surface area contributed by atoms with E-state index in [0.717, 1.165) is 11.9 Å². The molecule has 0 saturated heterocycles. The molecule has 0 spiro atoms. The second-order valence-corrected chi connectivity index (χ2v) is 7.21. The van der Waals surface area contributed by atoms with Crippen LogP contribution in [0, 0.1) is 5.82 Å². The smallest absolute Gasteiger partial charge is 0.307 e. The van der Waals surface area contributed by atoms with Crippen LogP contribution in [0.25, 0.3) is 5.69 Å². The molecule has 1 aromatic heterocycles. The van der Waals surface area contributed by atoms with Crippen molar-refractivity contribution in [2.24, 2.45) is 0 Å². The number of hydrogen-bond acceptors (Lipinski definition) is 5. The minimum absolute atomic E-state index is 0.0142. The Morgan fingerprint density at radius 2 is 1.93 bits per heavy atom. The van der Waals surface area contributed by atoms with E-state index in [1.165, 1.54) is 24.1 Å². The third kappa shape index (κ3) is 3.49. The van der Waals surface area contributed by atoms with E-state index in [4.69, 9.17) is 0 Å². The Kier molecular flexibility index (Phi) is 4.92. The van der Waals surface area contributed by atoms with E-state index in [1.807, 2.05) is 0 Å². The molecule has 1 atom stereocenters. The highest BCUT2D eigenvalue weighted by Gasteiger charge is 2.42. The number of carbonyl (C=O) groups excluding carboxylic acids is 1. The molecule has 0 aliphatic carbocycles. The van der Waals surface area contributed by atoms with Crippen molar-refractivity contribution >= 4 is 11.6 Å². The lowest BCUT2D eigenvalue weighted by molar-refractivity contribution is -0.254. The van der Waals surface area contributed by atoms with Gasteiger partial charge < -0.3 is 4.90 Å². The Balaban J connectivity index is 1.57. The summed E-state index contributed by atoms with van der Waals surface area (Å²) in [5.74, 6) is -0.710. The number of nitrogens with one attached hydrogen (secondary N) is 1. The fourth-order valence-corrected chi connectivity index (χ4v) is 3.71. The minimum Gasteiger partial charge on any atom is -0.307 e. The standard InChI is InChI=1S/C19H20F4N6O/c1-12-11-27(19(21,22)23)25-28(12)13(2)18(30)26-9-3-4-16-17(26)10-24-29(16)15-7-5-14(20)6-8-15/h5-8,10-11,13,25H,3-4,9H2,1-2H3. The van der Waals surface area contributed by atoms with Gasteiger partial charge in [-0.3, -0.25) is 9.80 Å². The fraction of sp³-hybridized carbons (Fsp3) is 0.368. The first kappa shape index (κ1) is 20.2. The Morgan fingerprint density at radius 1 is 1.23 bits per heavy atom. The van der Waals surface area contributed by atoms with E-state index in [2.05, 4.69) is 10.6 Å².